The first-order valence-electron chi connectivity index (χ1n) is 8.46. The molecular weight excluding hydrogens is 353 g/mol. The monoisotopic (exact) mass is 371 g/mol. The molecule has 140 valence electrons. The summed E-state index contributed by atoms with van der Waals surface area (Å²) in [7, 11) is 1.46. The molecule has 0 atom stereocenters. The zero-order chi connectivity index (χ0) is 19.4. The summed E-state index contributed by atoms with van der Waals surface area (Å²) in [5, 5.41) is 20.6. The van der Waals surface area contributed by atoms with Crippen molar-refractivity contribution < 1.29 is 18.8 Å². The van der Waals surface area contributed by atoms with Gasteiger partial charge in [0.05, 0.1) is 17.6 Å². The van der Waals surface area contributed by atoms with Crippen molar-refractivity contribution in [3.05, 3.63) is 57.9 Å². The number of nitrogens with zero attached hydrogens (tertiary/aromatic N) is 3. The van der Waals surface area contributed by atoms with Crippen molar-refractivity contribution in [2.75, 3.05) is 25.1 Å². The maximum Gasteiger partial charge on any atom is 0.293 e. The number of benzene rings is 2. The van der Waals surface area contributed by atoms with Gasteiger partial charge < -0.3 is 14.4 Å². The van der Waals surface area contributed by atoms with Gasteiger partial charge >= 0.3 is 0 Å². The van der Waals surface area contributed by atoms with Crippen molar-refractivity contribution >= 4 is 11.4 Å². The number of ether oxygens (including phenoxy) is 2. The second kappa shape index (κ2) is 7.91. The molecule has 0 spiro atoms. The zero-order valence-electron chi connectivity index (χ0n) is 14.7. The minimum absolute atomic E-state index is 0.0883. The number of hydrogen-bond donors (Lipinski definition) is 0. The van der Waals surface area contributed by atoms with Crippen LogP contribution in [0.2, 0.25) is 0 Å². The summed E-state index contributed by atoms with van der Waals surface area (Å²) >= 11 is 0. The number of rotatable bonds is 5. The Morgan fingerprint density at radius 2 is 2.04 bits per heavy atom. The molecule has 2 aromatic rings. The van der Waals surface area contributed by atoms with Gasteiger partial charge in [0.2, 0.25) is 0 Å². The summed E-state index contributed by atoms with van der Waals surface area (Å²) < 4.78 is 24.8. The molecular formula is C19H18FN3O4. The average molecular weight is 371 g/mol. The van der Waals surface area contributed by atoms with Crippen LogP contribution in [0.25, 0.3) is 0 Å². The second-order valence-electron chi connectivity index (χ2n) is 6.14. The first kappa shape index (κ1) is 18.5. The normalized spacial score (nSPS) is 14.5. The number of nitriles is 1. The van der Waals surface area contributed by atoms with Gasteiger partial charge in [0, 0.05) is 38.1 Å². The van der Waals surface area contributed by atoms with Crippen LogP contribution in [0.3, 0.4) is 0 Å². The molecule has 0 radical (unpaired) electrons. The van der Waals surface area contributed by atoms with E-state index in [-0.39, 0.29) is 23.1 Å². The van der Waals surface area contributed by atoms with Gasteiger partial charge in [0.1, 0.15) is 23.6 Å². The smallest absolute Gasteiger partial charge is 0.293 e. The Bertz CT molecular complexity index is 889. The van der Waals surface area contributed by atoms with Gasteiger partial charge in [-0.3, -0.25) is 10.1 Å². The summed E-state index contributed by atoms with van der Waals surface area (Å²) in [6, 6.07) is 10.9. The Morgan fingerprint density at radius 1 is 1.30 bits per heavy atom. The number of nitro benzene ring substituents is 1. The lowest BCUT2D eigenvalue weighted by Gasteiger charge is -2.33. The van der Waals surface area contributed by atoms with Crippen LogP contribution < -0.4 is 14.4 Å². The summed E-state index contributed by atoms with van der Waals surface area (Å²) in [5.41, 5.74) is 0.512. The number of halogens is 1. The van der Waals surface area contributed by atoms with E-state index >= 15 is 0 Å². The van der Waals surface area contributed by atoms with E-state index in [4.69, 9.17) is 9.47 Å². The summed E-state index contributed by atoms with van der Waals surface area (Å²) in [6.07, 6.45) is 0.905. The van der Waals surface area contributed by atoms with Crippen molar-refractivity contribution in [2.45, 2.75) is 18.9 Å². The van der Waals surface area contributed by atoms with E-state index in [0.717, 1.165) is 0 Å². The van der Waals surface area contributed by atoms with Gasteiger partial charge in [-0.05, 0) is 18.2 Å². The predicted octanol–water partition coefficient (Wildman–Crippen LogP) is 3.66. The number of nitro groups is 1. The molecule has 0 unspecified atom stereocenters. The first-order valence-corrected chi connectivity index (χ1v) is 8.46. The molecule has 7 nitrogen and oxygen atoms in total. The maximum atomic E-state index is 14.0. The van der Waals surface area contributed by atoms with Crippen LogP contribution in [0.5, 0.6) is 11.5 Å². The number of hydrogen-bond acceptors (Lipinski definition) is 6. The molecule has 1 fully saturated rings. The molecule has 1 saturated heterocycles. The maximum absolute atomic E-state index is 14.0. The molecule has 0 amide bonds. The van der Waals surface area contributed by atoms with Gasteiger partial charge in [-0.15, -0.1) is 0 Å². The van der Waals surface area contributed by atoms with Crippen LogP contribution in [-0.4, -0.2) is 31.2 Å². The van der Waals surface area contributed by atoms with Gasteiger partial charge in [-0.1, -0.05) is 6.07 Å². The highest BCUT2D eigenvalue weighted by Gasteiger charge is 2.28. The van der Waals surface area contributed by atoms with Crippen LogP contribution >= 0.6 is 0 Å². The minimum atomic E-state index is -0.498. The van der Waals surface area contributed by atoms with E-state index in [1.54, 1.807) is 12.1 Å². The van der Waals surface area contributed by atoms with Crippen LogP contribution in [0.4, 0.5) is 15.8 Å². The van der Waals surface area contributed by atoms with E-state index in [9.17, 15) is 19.8 Å². The number of methoxy groups -OCH3 is 1. The van der Waals surface area contributed by atoms with E-state index in [0.29, 0.717) is 37.4 Å². The lowest BCUT2D eigenvalue weighted by atomic mass is 10.0. The van der Waals surface area contributed by atoms with E-state index < -0.39 is 10.7 Å². The predicted molar refractivity (Wildman–Crippen MR) is 96.6 cm³/mol. The first-order chi connectivity index (χ1) is 13.0. The fourth-order valence-electron chi connectivity index (χ4n) is 3.18. The van der Waals surface area contributed by atoms with Crippen LogP contribution in [-0.2, 0) is 0 Å². The van der Waals surface area contributed by atoms with Crippen LogP contribution in [0, 0.1) is 27.3 Å². The van der Waals surface area contributed by atoms with Crippen molar-refractivity contribution in [2.24, 2.45) is 0 Å². The Balaban J connectivity index is 1.71. The fraction of sp³-hybridized carbons (Fsp3) is 0.316. The number of piperidine rings is 1. The quantitative estimate of drug-likeness (QED) is 0.589. The highest BCUT2D eigenvalue weighted by atomic mass is 19.1. The van der Waals surface area contributed by atoms with Crippen molar-refractivity contribution in [3.8, 4) is 17.6 Å². The van der Waals surface area contributed by atoms with E-state index in [1.165, 1.54) is 31.4 Å². The topological polar surface area (TPSA) is 88.6 Å². The molecule has 0 N–H and O–H groups in total. The molecule has 2 aromatic carbocycles. The molecule has 27 heavy (non-hydrogen) atoms. The molecule has 1 aliphatic heterocycles. The number of para-hydroxylation sites is 1. The van der Waals surface area contributed by atoms with Gasteiger partial charge in [-0.2, -0.15) is 5.26 Å². The molecule has 0 aromatic heterocycles. The second-order valence-corrected chi connectivity index (χ2v) is 6.14. The molecule has 0 aliphatic carbocycles. The van der Waals surface area contributed by atoms with E-state index in [2.05, 4.69) is 0 Å². The van der Waals surface area contributed by atoms with E-state index in [1.807, 2.05) is 11.0 Å². The average Bonchev–Trinajstić information content (AvgIpc) is 2.69. The molecule has 1 aliphatic rings. The number of anilines is 1. The van der Waals surface area contributed by atoms with Crippen molar-refractivity contribution in [1.82, 2.24) is 0 Å². The summed E-state index contributed by atoms with van der Waals surface area (Å²) in [5.74, 6) is 0.0648. The summed E-state index contributed by atoms with van der Waals surface area (Å²) in [4.78, 5) is 12.7. The largest absolute Gasteiger partial charge is 0.497 e. The third-order valence-electron chi connectivity index (χ3n) is 4.52. The van der Waals surface area contributed by atoms with Crippen LogP contribution in [0.1, 0.15) is 18.4 Å². The van der Waals surface area contributed by atoms with Crippen molar-refractivity contribution in [1.29, 1.82) is 5.26 Å². The standard InChI is InChI=1S/C19H18FN3O4/c1-26-15-5-6-18(16(20)11-15)27-14-7-9-22(10-8-14)19-13(12-21)3-2-4-17(19)23(24)25/h2-6,11,14H,7-10H2,1H3. The lowest BCUT2D eigenvalue weighted by molar-refractivity contribution is -0.384. The summed E-state index contributed by atoms with van der Waals surface area (Å²) in [6.45, 7) is 0.948. The molecule has 3 rings (SSSR count). The highest BCUT2D eigenvalue weighted by Crippen LogP contribution is 2.34. The molecule has 0 bridgehead atoms. The van der Waals surface area contributed by atoms with Gasteiger partial charge in [0.25, 0.3) is 5.69 Å². The SMILES string of the molecule is COc1ccc(OC2CCN(c3c(C#N)cccc3[N+](=O)[O-])CC2)c(F)c1. The lowest BCUT2D eigenvalue weighted by Crippen LogP contribution is -2.39. The highest BCUT2D eigenvalue weighted by molar-refractivity contribution is 5.71. The minimum Gasteiger partial charge on any atom is -0.497 e. The Hall–Kier alpha value is -3.34. The fourth-order valence-corrected chi connectivity index (χ4v) is 3.18. The zero-order valence-corrected chi connectivity index (χ0v) is 14.7. The Kier molecular flexibility index (Phi) is 5.41. The van der Waals surface area contributed by atoms with Gasteiger partial charge in [-0.25, -0.2) is 4.39 Å². The van der Waals surface area contributed by atoms with Crippen molar-refractivity contribution in [3.63, 3.8) is 0 Å². The van der Waals surface area contributed by atoms with Gasteiger partial charge in [0.15, 0.2) is 11.6 Å². The Labute approximate surface area is 155 Å². The third-order valence-corrected chi connectivity index (χ3v) is 4.52. The molecule has 0 saturated carbocycles. The van der Waals surface area contributed by atoms with Crippen LogP contribution in [0.15, 0.2) is 36.4 Å². The molecule has 1 heterocycles. The molecule has 8 heteroatoms. The Morgan fingerprint density at radius 3 is 2.63 bits per heavy atom. The third kappa shape index (κ3) is 3.92.